The summed E-state index contributed by atoms with van der Waals surface area (Å²) in [7, 11) is 1.64. The van der Waals surface area contributed by atoms with E-state index >= 15 is 0 Å². The molecule has 4 heteroatoms. The highest BCUT2D eigenvalue weighted by Gasteiger charge is 2.15. The van der Waals surface area contributed by atoms with Crippen LogP contribution in [0.2, 0.25) is 5.02 Å². The van der Waals surface area contributed by atoms with E-state index in [0.29, 0.717) is 11.1 Å². The largest absolute Gasteiger partial charge is 0.495 e. The smallest absolute Gasteiger partial charge is 0.137 e. The van der Waals surface area contributed by atoms with E-state index in [1.807, 2.05) is 12.1 Å². The standard InChI is InChI=1S/C13H19ClN2O/c1-10-9-16(7-3-6-15-10)11-4-5-13(17-2)12(14)8-11/h4-5,8,10,15H,3,6-7,9H2,1-2H3. The molecule has 94 valence electrons. The van der Waals surface area contributed by atoms with Crippen molar-refractivity contribution in [2.75, 3.05) is 31.6 Å². The Kier molecular flexibility index (Phi) is 4.13. The average molecular weight is 255 g/mol. The summed E-state index contributed by atoms with van der Waals surface area (Å²) in [5, 5.41) is 4.16. The maximum absolute atomic E-state index is 6.16. The highest BCUT2D eigenvalue weighted by molar-refractivity contribution is 6.32. The normalized spacial score (nSPS) is 21.1. The topological polar surface area (TPSA) is 24.5 Å². The fourth-order valence-corrected chi connectivity index (χ4v) is 2.44. The van der Waals surface area contributed by atoms with Gasteiger partial charge in [0, 0.05) is 24.8 Å². The third-order valence-electron chi connectivity index (χ3n) is 3.09. The summed E-state index contributed by atoms with van der Waals surface area (Å²) < 4.78 is 5.17. The number of halogens is 1. The molecule has 1 fully saturated rings. The summed E-state index contributed by atoms with van der Waals surface area (Å²) in [6.07, 6.45) is 1.16. The van der Waals surface area contributed by atoms with Crippen LogP contribution in [0.1, 0.15) is 13.3 Å². The van der Waals surface area contributed by atoms with E-state index in [2.05, 4.69) is 23.2 Å². The molecule has 1 aromatic carbocycles. The molecule has 0 bridgehead atoms. The summed E-state index contributed by atoms with van der Waals surface area (Å²) in [6, 6.07) is 6.50. The first kappa shape index (κ1) is 12.5. The molecule has 1 saturated heterocycles. The number of methoxy groups -OCH3 is 1. The molecule has 1 aliphatic heterocycles. The number of rotatable bonds is 2. The molecule has 1 aromatic rings. The van der Waals surface area contributed by atoms with E-state index < -0.39 is 0 Å². The quantitative estimate of drug-likeness (QED) is 0.878. The Balaban J connectivity index is 2.17. The van der Waals surface area contributed by atoms with E-state index in [4.69, 9.17) is 16.3 Å². The molecule has 1 unspecified atom stereocenters. The van der Waals surface area contributed by atoms with Gasteiger partial charge in [-0.15, -0.1) is 0 Å². The van der Waals surface area contributed by atoms with Gasteiger partial charge in [-0.1, -0.05) is 11.6 Å². The molecule has 0 spiro atoms. The second-order valence-corrected chi connectivity index (χ2v) is 4.88. The van der Waals surface area contributed by atoms with Crippen LogP contribution in [0.5, 0.6) is 5.75 Å². The molecule has 0 amide bonds. The number of hydrogen-bond acceptors (Lipinski definition) is 3. The van der Waals surface area contributed by atoms with Crippen molar-refractivity contribution in [3.8, 4) is 5.75 Å². The molecule has 0 aliphatic carbocycles. The highest BCUT2D eigenvalue weighted by atomic mass is 35.5. The molecule has 3 nitrogen and oxygen atoms in total. The maximum Gasteiger partial charge on any atom is 0.137 e. The fourth-order valence-electron chi connectivity index (χ4n) is 2.19. The van der Waals surface area contributed by atoms with Crippen molar-refractivity contribution in [2.45, 2.75) is 19.4 Å². The van der Waals surface area contributed by atoms with Crippen LogP contribution in [0.3, 0.4) is 0 Å². The molecule has 0 saturated carbocycles. The van der Waals surface area contributed by atoms with Crippen LogP contribution < -0.4 is 15.0 Å². The number of anilines is 1. The van der Waals surface area contributed by atoms with E-state index in [1.54, 1.807) is 7.11 Å². The number of benzene rings is 1. The van der Waals surface area contributed by atoms with Crippen molar-refractivity contribution in [3.05, 3.63) is 23.2 Å². The summed E-state index contributed by atoms with van der Waals surface area (Å²) in [4.78, 5) is 2.37. The molecule has 1 aliphatic rings. The summed E-state index contributed by atoms with van der Waals surface area (Å²) in [5.41, 5.74) is 1.17. The predicted octanol–water partition coefficient (Wildman–Crippen LogP) is 2.54. The number of nitrogens with zero attached hydrogens (tertiary/aromatic N) is 1. The minimum atomic E-state index is 0.512. The van der Waals surface area contributed by atoms with Crippen LogP contribution in [-0.2, 0) is 0 Å². The van der Waals surface area contributed by atoms with Crippen molar-refractivity contribution >= 4 is 17.3 Å². The van der Waals surface area contributed by atoms with Crippen LogP contribution in [0.15, 0.2) is 18.2 Å². The van der Waals surface area contributed by atoms with Crippen molar-refractivity contribution < 1.29 is 4.74 Å². The Morgan fingerprint density at radius 2 is 2.29 bits per heavy atom. The van der Waals surface area contributed by atoms with Gasteiger partial charge in [0.2, 0.25) is 0 Å². The van der Waals surface area contributed by atoms with E-state index in [-0.39, 0.29) is 0 Å². The minimum Gasteiger partial charge on any atom is -0.495 e. The molecule has 0 radical (unpaired) electrons. The predicted molar refractivity (Wildman–Crippen MR) is 72.3 cm³/mol. The monoisotopic (exact) mass is 254 g/mol. The van der Waals surface area contributed by atoms with E-state index in [1.165, 1.54) is 5.69 Å². The molecule has 17 heavy (non-hydrogen) atoms. The number of nitrogens with one attached hydrogen (secondary N) is 1. The van der Waals surface area contributed by atoms with Gasteiger partial charge in [0.05, 0.1) is 12.1 Å². The third kappa shape index (κ3) is 3.05. The lowest BCUT2D eigenvalue weighted by atomic mass is 10.2. The zero-order chi connectivity index (χ0) is 12.3. The number of ether oxygens (including phenoxy) is 1. The lowest BCUT2D eigenvalue weighted by Gasteiger charge is -2.25. The Hall–Kier alpha value is -0.930. The van der Waals surface area contributed by atoms with Gasteiger partial charge >= 0.3 is 0 Å². The van der Waals surface area contributed by atoms with Gasteiger partial charge < -0.3 is 15.0 Å². The molecule has 0 aromatic heterocycles. The molecule has 2 rings (SSSR count). The molecular formula is C13H19ClN2O. The summed E-state index contributed by atoms with van der Waals surface area (Å²) in [6.45, 7) is 5.38. The first-order valence-electron chi connectivity index (χ1n) is 6.02. The first-order chi connectivity index (χ1) is 8.20. The second kappa shape index (κ2) is 5.61. The van der Waals surface area contributed by atoms with Gasteiger partial charge in [-0.2, -0.15) is 0 Å². The zero-order valence-corrected chi connectivity index (χ0v) is 11.1. The lowest BCUT2D eigenvalue weighted by molar-refractivity contribution is 0.415. The van der Waals surface area contributed by atoms with Gasteiger partial charge in [0.1, 0.15) is 5.75 Å². The van der Waals surface area contributed by atoms with Crippen LogP contribution in [0.25, 0.3) is 0 Å². The zero-order valence-electron chi connectivity index (χ0n) is 10.4. The van der Waals surface area contributed by atoms with Gasteiger partial charge in [0.15, 0.2) is 0 Å². The minimum absolute atomic E-state index is 0.512. The van der Waals surface area contributed by atoms with Gasteiger partial charge in [-0.05, 0) is 38.1 Å². The van der Waals surface area contributed by atoms with Crippen molar-refractivity contribution in [1.29, 1.82) is 0 Å². The van der Waals surface area contributed by atoms with Gasteiger partial charge in [-0.25, -0.2) is 0 Å². The lowest BCUT2D eigenvalue weighted by Crippen LogP contribution is -2.35. The van der Waals surface area contributed by atoms with Crippen LogP contribution in [0.4, 0.5) is 5.69 Å². The highest BCUT2D eigenvalue weighted by Crippen LogP contribution is 2.29. The average Bonchev–Trinajstić information content (AvgIpc) is 2.54. The number of hydrogen-bond donors (Lipinski definition) is 1. The van der Waals surface area contributed by atoms with Crippen LogP contribution in [0, 0.1) is 0 Å². The van der Waals surface area contributed by atoms with Crippen molar-refractivity contribution in [3.63, 3.8) is 0 Å². The first-order valence-corrected chi connectivity index (χ1v) is 6.40. The Morgan fingerprint density at radius 1 is 1.47 bits per heavy atom. The van der Waals surface area contributed by atoms with Crippen molar-refractivity contribution in [2.24, 2.45) is 0 Å². The Labute approximate surface area is 108 Å². The second-order valence-electron chi connectivity index (χ2n) is 4.47. The van der Waals surface area contributed by atoms with Gasteiger partial charge in [0.25, 0.3) is 0 Å². The van der Waals surface area contributed by atoms with Crippen molar-refractivity contribution in [1.82, 2.24) is 5.32 Å². The Bertz CT molecular complexity index is 384. The maximum atomic E-state index is 6.16. The SMILES string of the molecule is COc1ccc(N2CCCNC(C)C2)cc1Cl. The van der Waals surface area contributed by atoms with Crippen LogP contribution in [-0.4, -0.2) is 32.8 Å². The van der Waals surface area contributed by atoms with Gasteiger partial charge in [-0.3, -0.25) is 0 Å². The fraction of sp³-hybridized carbons (Fsp3) is 0.538. The summed E-state index contributed by atoms with van der Waals surface area (Å²) in [5.74, 6) is 0.733. The third-order valence-corrected chi connectivity index (χ3v) is 3.39. The van der Waals surface area contributed by atoms with E-state index in [0.717, 1.165) is 31.8 Å². The summed E-state index contributed by atoms with van der Waals surface area (Å²) >= 11 is 6.16. The molecular weight excluding hydrogens is 236 g/mol. The molecule has 1 atom stereocenters. The Morgan fingerprint density at radius 3 is 3.00 bits per heavy atom. The molecule has 1 N–H and O–H groups in total. The van der Waals surface area contributed by atoms with Crippen LogP contribution >= 0.6 is 11.6 Å². The molecule has 1 heterocycles. The van der Waals surface area contributed by atoms with E-state index in [9.17, 15) is 0 Å².